The minimum atomic E-state index is -1.21. The predicted octanol–water partition coefficient (Wildman–Crippen LogP) is 10.0. The lowest BCUT2D eigenvalue weighted by Crippen LogP contribution is -2.65. The second-order valence-electron chi connectivity index (χ2n) is 41.1. The molecule has 4 bridgehead atoms. The van der Waals surface area contributed by atoms with Crippen LogP contribution in [0, 0.1) is 81.8 Å². The average molecular weight is 1880 g/mol. The minimum absolute atomic E-state index is 0.0909. The molecule has 10 aliphatic carbocycles. The highest BCUT2D eigenvalue weighted by Gasteiger charge is 2.76. The van der Waals surface area contributed by atoms with Crippen molar-refractivity contribution in [2.75, 3.05) is 39.8 Å². The first-order valence-corrected chi connectivity index (χ1v) is 48.2. The summed E-state index contributed by atoms with van der Waals surface area (Å²) >= 11 is 26.2. The van der Waals surface area contributed by atoms with Gasteiger partial charge >= 0.3 is 18.2 Å². The van der Waals surface area contributed by atoms with Crippen LogP contribution in [0.1, 0.15) is 222 Å². The van der Waals surface area contributed by atoms with Crippen molar-refractivity contribution in [3.05, 3.63) is 73.4 Å². The summed E-state index contributed by atoms with van der Waals surface area (Å²) in [5, 5.41) is 27.5. The van der Waals surface area contributed by atoms with Crippen molar-refractivity contribution < 1.29 is 81.4 Å². The van der Waals surface area contributed by atoms with Gasteiger partial charge in [-0.3, -0.25) is 57.5 Å². The molecule has 9 saturated carbocycles. The number of hydrogen-bond acceptors (Lipinski definition) is 17. The molecule has 13 amide bonds. The number of carbonyl (C=O) groups is 15. The number of nitrogens with zero attached hydrogens (tertiary/aromatic N) is 3. The van der Waals surface area contributed by atoms with Crippen molar-refractivity contribution in [1.82, 2.24) is 67.9 Å². The number of halogens is 4. The molecule has 34 heteroatoms. The average Bonchev–Trinajstić information content (AvgIpc) is 1.53. The van der Waals surface area contributed by atoms with Crippen LogP contribution >= 0.6 is 46.4 Å². The van der Waals surface area contributed by atoms with Crippen molar-refractivity contribution in [2.45, 2.75) is 304 Å². The third kappa shape index (κ3) is 23.5. The quantitative estimate of drug-likeness (QED) is 0.0133. The third-order valence-electron chi connectivity index (χ3n) is 29.1. The van der Waals surface area contributed by atoms with E-state index in [1.807, 2.05) is 58.9 Å². The molecule has 0 radical (unpaired) electrons. The van der Waals surface area contributed by atoms with Crippen LogP contribution in [-0.4, -0.2) is 223 Å². The molecular formula is C95H137Cl4N13O17. The molecule has 3 heterocycles. The van der Waals surface area contributed by atoms with Crippen LogP contribution in [0.5, 0.6) is 0 Å². The fourth-order valence-electron chi connectivity index (χ4n) is 22.7. The topological polar surface area (TPSA) is 405 Å². The monoisotopic (exact) mass is 1870 g/mol. The number of nitrogens with one attached hydrogen (secondary N) is 10. The second kappa shape index (κ2) is 41.8. The Labute approximate surface area is 778 Å². The van der Waals surface area contributed by atoms with E-state index in [1.165, 1.54) is 42.2 Å². The first-order valence-electron chi connectivity index (χ1n) is 46.7. The summed E-state index contributed by atoms with van der Waals surface area (Å²) in [6, 6.07) is -1.20. The van der Waals surface area contributed by atoms with Gasteiger partial charge < -0.3 is 77.3 Å². The van der Waals surface area contributed by atoms with Gasteiger partial charge in [-0.1, -0.05) is 130 Å². The van der Waals surface area contributed by atoms with Crippen molar-refractivity contribution >= 4 is 135 Å². The van der Waals surface area contributed by atoms with Crippen LogP contribution in [0.15, 0.2) is 62.2 Å². The minimum Gasteiger partial charge on any atom is -0.446 e. The summed E-state index contributed by atoms with van der Waals surface area (Å²) in [5.41, 5.74) is 0.455. The number of likely N-dealkylation sites (N-methyl/N-ethyl adjacent to an activating group) is 1. The van der Waals surface area contributed by atoms with E-state index in [4.69, 9.17) is 55.9 Å². The number of alkyl carbamates (subject to hydrolysis) is 2. The first-order chi connectivity index (χ1) is 60.8. The van der Waals surface area contributed by atoms with E-state index in [2.05, 4.69) is 93.7 Å². The molecule has 1 aromatic carbocycles. The van der Waals surface area contributed by atoms with Gasteiger partial charge in [0.05, 0.1) is 18.1 Å². The number of allylic oxidation sites excluding steroid dienone is 1. The van der Waals surface area contributed by atoms with Gasteiger partial charge in [0.2, 0.25) is 52.8 Å². The lowest BCUT2D eigenvalue weighted by molar-refractivity contribution is -0.144. The molecule has 10 N–H and O–H groups in total. The largest absolute Gasteiger partial charge is 0.446 e. The Balaban J connectivity index is 0.000000188. The molecule has 13 aliphatic rings. The van der Waals surface area contributed by atoms with Gasteiger partial charge in [-0.2, -0.15) is 0 Å². The van der Waals surface area contributed by atoms with E-state index in [1.54, 1.807) is 37.8 Å². The number of ether oxygens (including phenoxy) is 2. The lowest BCUT2D eigenvalue weighted by atomic mass is 9.53. The highest BCUT2D eigenvalue weighted by atomic mass is 35.5. The molecule has 0 aromatic heterocycles. The van der Waals surface area contributed by atoms with E-state index in [9.17, 15) is 71.9 Å². The van der Waals surface area contributed by atoms with E-state index < -0.39 is 157 Å². The fraction of sp³-hybridized carbons (Fsp3) is 0.716. The number of piperidine rings is 3. The number of ketones is 3. The van der Waals surface area contributed by atoms with Crippen LogP contribution in [0.4, 0.5) is 14.4 Å². The molecule has 3 aliphatic heterocycles. The van der Waals surface area contributed by atoms with Crippen LogP contribution in [0.2, 0.25) is 0 Å². The maximum Gasteiger partial charge on any atom is 0.408 e. The highest BCUT2D eigenvalue weighted by molar-refractivity contribution is 6.52. The number of carbonyl (C=O) groups excluding carboxylic acids is 15. The normalized spacial score (nSPS) is 28.9. The number of hydrogen-bond donors (Lipinski definition) is 10. The van der Waals surface area contributed by atoms with Gasteiger partial charge in [0.15, 0.2) is 0 Å². The lowest BCUT2D eigenvalue weighted by Gasteiger charge is -2.56. The van der Waals surface area contributed by atoms with Gasteiger partial charge in [0.25, 0.3) is 17.7 Å². The molecule has 3 saturated heterocycles. The number of likely N-dealkylation sites (tertiary alicyclic amines) is 3. The molecule has 712 valence electrons. The smallest absolute Gasteiger partial charge is 0.408 e. The second-order valence-corrected chi connectivity index (χ2v) is 44.0. The Bertz CT molecular complexity index is 4370. The highest BCUT2D eigenvalue weighted by Crippen LogP contribution is 2.68. The molecule has 12 fully saturated rings. The van der Waals surface area contributed by atoms with E-state index in [0.717, 1.165) is 81.8 Å². The number of alkyl halides is 4. The summed E-state index contributed by atoms with van der Waals surface area (Å²) < 4.78 is 8.81. The van der Waals surface area contributed by atoms with Gasteiger partial charge in [-0.05, 0) is 206 Å². The van der Waals surface area contributed by atoms with Crippen LogP contribution in [0.3, 0.4) is 0 Å². The molecule has 1 aromatic rings. The van der Waals surface area contributed by atoms with Crippen LogP contribution in [-0.2, 0) is 79.8 Å². The van der Waals surface area contributed by atoms with Gasteiger partial charge in [0.1, 0.15) is 56.6 Å². The maximum atomic E-state index is 14.3. The van der Waals surface area contributed by atoms with Crippen molar-refractivity contribution in [1.29, 1.82) is 0 Å². The van der Waals surface area contributed by atoms with E-state index in [-0.39, 0.29) is 109 Å². The maximum absolute atomic E-state index is 14.3. The first kappa shape index (κ1) is 101. The fourth-order valence-corrected chi connectivity index (χ4v) is 24.3. The van der Waals surface area contributed by atoms with Crippen LogP contribution in [0.25, 0.3) is 0 Å². The number of rotatable bonds is 34. The van der Waals surface area contributed by atoms with Crippen LogP contribution < -0.4 is 53.2 Å². The van der Waals surface area contributed by atoms with E-state index >= 15 is 0 Å². The summed E-state index contributed by atoms with van der Waals surface area (Å²) in [5.74, 6) is -7.07. The molecule has 17 atom stereocenters. The molecule has 5 unspecified atom stereocenters. The van der Waals surface area contributed by atoms with Gasteiger partial charge in [0, 0.05) is 69.0 Å². The Hall–Kier alpha value is -8.35. The molecular weight excluding hydrogens is 1740 g/mol. The van der Waals surface area contributed by atoms with Crippen molar-refractivity contribution in [3.8, 4) is 0 Å². The summed E-state index contributed by atoms with van der Waals surface area (Å²) in [4.78, 5) is 204. The van der Waals surface area contributed by atoms with E-state index in [0.29, 0.717) is 75.2 Å². The number of urea groups is 1. The zero-order chi connectivity index (χ0) is 94.5. The number of fused-ring (bicyclic) bond motifs is 4. The molecule has 0 spiro atoms. The van der Waals surface area contributed by atoms with Gasteiger partial charge in [-0.25, -0.2) is 14.4 Å². The number of benzene rings is 1. The molecule has 129 heavy (non-hydrogen) atoms. The zero-order valence-corrected chi connectivity index (χ0v) is 80.0. The Morgan fingerprint density at radius 1 is 0.527 bits per heavy atom. The summed E-state index contributed by atoms with van der Waals surface area (Å²) in [7, 11) is 1.37. The predicted molar refractivity (Wildman–Crippen MR) is 488 cm³/mol. The Kier molecular flexibility index (Phi) is 32.8. The Morgan fingerprint density at radius 3 is 1.44 bits per heavy atom. The van der Waals surface area contributed by atoms with Gasteiger partial charge in [-0.15, -0.1) is 66.1 Å². The summed E-state index contributed by atoms with van der Waals surface area (Å²) in [6.45, 7) is 32.7. The Morgan fingerprint density at radius 2 is 0.984 bits per heavy atom. The zero-order valence-electron chi connectivity index (χ0n) is 77.0. The number of amides is 13. The van der Waals surface area contributed by atoms with Crippen molar-refractivity contribution in [3.63, 3.8) is 0 Å². The SMILES string of the molecule is C=CCCNC(=O)C(=O)C(CCC=C)NC(=O)[C@@H]1[C@@H]2[C@H](CN1C(=O)[C@@H](NC(=O)NC13CC4CC(CC(C4)C1)C3)C(C)(C)C)C2(Cl)Cl.C=CCNC(=O)C(=O)C(CCC)NC(=O)[C@@H]1[C@@H]2[C@H](CN1C(=O)[C@@H](NC(=O)OC1CCC(C)C1)C1CCCCC1)C2(Cl)Cl.CCCC(NC(=O)[C@@H]1[C@@H]2[C@H](CN1C(=O)[C@@H](NC(=O)OC(C)(C)C)C1Cc3ccccc3C1)C2(C)C)C(=O)C(=O)NC. The molecule has 30 nitrogen and oxygen atoms in total. The standard InChI is InChI=1S/C34H49Cl2N5O5.C31H44N4O6.C30H44Cl2N4O6/c1-6-8-10-23(26(42)29(44)37-11-9-7-2)38-28(43)25-24-22(34(24,35)36)18-41(25)30(45)27(32(3,4)5)39-31(46)40-33-15-19-12-20(16-33)14-21(13-19)17-33;1-8-11-21(25(36)27(38)32-7)33-26(37)24-22-20(31(22,5)6)16-35(24)28(39)23(34-29(40)41-30(2,3)4)19-14-17-12-9-10-13-18(17)15-19;1-4-9-21(25(37)27(39)33-14-5-2)34-26(38)24-22-20(30(22,31)32)16-36(24)28(40)23(18-10-7-6-8-11-18)35-29(41)42-19-13-12-17(3)15-19/h6-7,19-25,27H,1-2,8-18H2,3-5H3,(H,37,44)(H,38,43)(H2,39,40,46);9-10,12-13,19-24H,8,11,14-16H2,1-7H3,(H,32,38)(H,33,37)(H,34,40);5,17-24H,2,4,6-16H2,1,3H3,(H,33,39)(H,34,38)(H,35,41)/t19?,20?,21?,22-,23?,24-,25-,27+,33?;20-,21?,22-,23-,24-;17?,19?,20-,21?,22-,23-,24-/m000/s1. The summed E-state index contributed by atoms with van der Waals surface area (Å²) in [6.07, 6.45) is 20.9. The van der Waals surface area contributed by atoms with Crippen molar-refractivity contribution in [2.24, 2.45) is 81.8 Å². The molecule has 14 rings (SSSR count). The number of Topliss-reactive ketones (excluding diaryl/α,β-unsaturated/α-hetero) is 3. The third-order valence-corrected chi connectivity index (χ3v) is 31.2.